The summed E-state index contributed by atoms with van der Waals surface area (Å²) in [5, 5.41) is 2.59. The van der Waals surface area contributed by atoms with Crippen molar-refractivity contribution in [2.75, 3.05) is 0 Å². The Hall–Kier alpha value is -1.41. The van der Waals surface area contributed by atoms with Crippen molar-refractivity contribution in [2.45, 2.75) is 12.1 Å². The first-order chi connectivity index (χ1) is 9.66. The molecule has 0 unspecified atom stereocenters. The molecule has 1 aromatic carbocycles. The van der Waals surface area contributed by atoms with E-state index in [1.54, 1.807) is 0 Å². The van der Waals surface area contributed by atoms with Crippen LogP contribution >= 0.6 is 23.2 Å². The van der Waals surface area contributed by atoms with Crippen LogP contribution in [0.25, 0.3) is 5.69 Å². The maximum absolute atomic E-state index is 13.1. The number of nitrogens with zero attached hydrogens (tertiary/aromatic N) is 2. The molecular weight excluding hydrogens is 345 g/mol. The summed E-state index contributed by atoms with van der Waals surface area (Å²) >= 11 is 11.1. The molecule has 0 radical (unpaired) electrons. The Morgan fingerprint density at radius 1 is 1.10 bits per heavy atom. The highest BCUT2D eigenvalue weighted by atomic mass is 35.5. The summed E-state index contributed by atoms with van der Waals surface area (Å²) in [6.45, 7) is 0. The molecule has 0 bridgehead atoms. The average molecular weight is 349 g/mol. The van der Waals surface area contributed by atoms with Crippen molar-refractivity contribution in [3.05, 3.63) is 46.0 Å². The van der Waals surface area contributed by atoms with E-state index in [1.807, 2.05) is 0 Å². The topological polar surface area (TPSA) is 17.8 Å². The molecule has 0 saturated heterocycles. The van der Waals surface area contributed by atoms with Gasteiger partial charge in [0.1, 0.15) is 5.15 Å². The second-order valence-corrected chi connectivity index (χ2v) is 4.51. The molecule has 0 amide bonds. The highest BCUT2D eigenvalue weighted by molar-refractivity contribution is 6.31. The molecule has 0 saturated carbocycles. The summed E-state index contributed by atoms with van der Waals surface area (Å²) in [6.07, 6.45) is -4.85. The Labute approximate surface area is 123 Å². The summed E-state index contributed by atoms with van der Waals surface area (Å²) < 4.78 is 77.9. The molecular formula is C11H4Cl2F6N2. The number of aromatic nitrogens is 2. The van der Waals surface area contributed by atoms with Crippen LogP contribution in [0.5, 0.6) is 0 Å². The van der Waals surface area contributed by atoms with Crippen LogP contribution in [0.2, 0.25) is 5.15 Å². The third kappa shape index (κ3) is 2.82. The van der Waals surface area contributed by atoms with Gasteiger partial charge in [0, 0.05) is 17.7 Å². The monoisotopic (exact) mass is 348 g/mol. The minimum absolute atomic E-state index is 0.438. The summed E-state index contributed by atoms with van der Waals surface area (Å²) in [6, 6.07) is 0.935. The maximum Gasteiger partial charge on any atom is 0.435 e. The Kier molecular flexibility index (Phi) is 4.12. The van der Waals surface area contributed by atoms with E-state index in [2.05, 4.69) is 5.10 Å². The number of hydrogen-bond donors (Lipinski definition) is 0. The molecule has 0 atom stereocenters. The van der Waals surface area contributed by atoms with Crippen LogP contribution in [0.15, 0.2) is 12.1 Å². The van der Waals surface area contributed by atoms with Gasteiger partial charge in [-0.15, -0.1) is 11.6 Å². The number of halogens is 8. The van der Waals surface area contributed by atoms with Gasteiger partial charge in [0.25, 0.3) is 0 Å². The van der Waals surface area contributed by atoms with E-state index < -0.39 is 51.6 Å². The van der Waals surface area contributed by atoms with Gasteiger partial charge in [0.2, 0.25) is 0 Å². The van der Waals surface area contributed by atoms with Gasteiger partial charge in [0.15, 0.2) is 23.1 Å². The lowest BCUT2D eigenvalue weighted by Gasteiger charge is -2.05. The number of hydrogen-bond acceptors (Lipinski definition) is 1. The van der Waals surface area contributed by atoms with Gasteiger partial charge in [-0.1, -0.05) is 11.6 Å². The fourth-order valence-electron chi connectivity index (χ4n) is 1.61. The lowest BCUT2D eigenvalue weighted by Crippen LogP contribution is -2.09. The van der Waals surface area contributed by atoms with Gasteiger partial charge in [-0.05, 0) is 0 Å². The van der Waals surface area contributed by atoms with Crippen LogP contribution in [-0.4, -0.2) is 9.78 Å². The van der Waals surface area contributed by atoms with Gasteiger partial charge in [0.05, 0.1) is 11.6 Å². The SMILES string of the molecule is Fc1cc(-n2nc(C(F)(F)F)c(CCl)c2Cl)cc(F)c1F. The molecule has 2 nitrogen and oxygen atoms in total. The predicted octanol–water partition coefficient (Wildman–Crippen LogP) is 4.70. The van der Waals surface area contributed by atoms with Crippen molar-refractivity contribution in [3.8, 4) is 5.69 Å². The highest BCUT2D eigenvalue weighted by Gasteiger charge is 2.39. The summed E-state index contributed by atoms with van der Waals surface area (Å²) in [5.41, 5.74) is -2.43. The van der Waals surface area contributed by atoms with Gasteiger partial charge >= 0.3 is 6.18 Å². The van der Waals surface area contributed by atoms with Gasteiger partial charge < -0.3 is 0 Å². The van der Waals surface area contributed by atoms with E-state index >= 15 is 0 Å². The Bertz CT molecular complexity index is 672. The number of alkyl halides is 4. The molecule has 1 aromatic heterocycles. The zero-order valence-electron chi connectivity index (χ0n) is 9.78. The molecule has 1 heterocycles. The lowest BCUT2D eigenvalue weighted by atomic mass is 10.2. The number of benzene rings is 1. The van der Waals surface area contributed by atoms with Crippen LogP contribution in [0.3, 0.4) is 0 Å². The van der Waals surface area contributed by atoms with Gasteiger partial charge in [-0.3, -0.25) is 0 Å². The average Bonchev–Trinajstić information content (AvgIpc) is 2.72. The van der Waals surface area contributed by atoms with Crippen molar-refractivity contribution >= 4 is 23.2 Å². The molecule has 0 N–H and O–H groups in total. The minimum atomic E-state index is -4.85. The third-order valence-corrected chi connectivity index (χ3v) is 3.19. The van der Waals surface area contributed by atoms with Crippen LogP contribution < -0.4 is 0 Å². The Morgan fingerprint density at radius 3 is 2.00 bits per heavy atom. The molecule has 2 aromatic rings. The molecule has 0 spiro atoms. The third-order valence-electron chi connectivity index (χ3n) is 2.54. The van der Waals surface area contributed by atoms with Crippen molar-refractivity contribution in [1.29, 1.82) is 0 Å². The lowest BCUT2D eigenvalue weighted by molar-refractivity contribution is -0.141. The summed E-state index contributed by atoms with van der Waals surface area (Å²) in [5.74, 6) is -5.54. The van der Waals surface area contributed by atoms with Crippen molar-refractivity contribution in [1.82, 2.24) is 9.78 Å². The minimum Gasteiger partial charge on any atom is -0.221 e. The predicted molar refractivity (Wildman–Crippen MR) is 63.0 cm³/mol. The smallest absolute Gasteiger partial charge is 0.221 e. The fourth-order valence-corrected chi connectivity index (χ4v) is 2.22. The van der Waals surface area contributed by atoms with Crippen molar-refractivity contribution in [2.24, 2.45) is 0 Å². The fraction of sp³-hybridized carbons (Fsp3) is 0.182. The summed E-state index contributed by atoms with van der Waals surface area (Å²) in [7, 11) is 0. The van der Waals surface area contributed by atoms with Crippen LogP contribution in [0.1, 0.15) is 11.3 Å². The summed E-state index contributed by atoms with van der Waals surface area (Å²) in [4.78, 5) is 0. The molecule has 0 aliphatic heterocycles. The first kappa shape index (κ1) is 16.0. The molecule has 0 aliphatic rings. The second kappa shape index (κ2) is 5.42. The number of rotatable bonds is 2. The molecule has 114 valence electrons. The van der Waals surface area contributed by atoms with Gasteiger partial charge in [-0.25, -0.2) is 17.9 Å². The van der Waals surface area contributed by atoms with Crippen LogP contribution in [0.4, 0.5) is 26.3 Å². The largest absolute Gasteiger partial charge is 0.435 e. The quantitative estimate of drug-likeness (QED) is 0.437. The van der Waals surface area contributed by atoms with Crippen molar-refractivity contribution < 1.29 is 26.3 Å². The van der Waals surface area contributed by atoms with Gasteiger partial charge in [-0.2, -0.15) is 18.3 Å². The maximum atomic E-state index is 13.1. The van der Waals surface area contributed by atoms with Crippen LogP contribution in [0, 0.1) is 17.5 Å². The zero-order chi connectivity index (χ0) is 15.9. The van der Waals surface area contributed by atoms with E-state index in [-0.39, 0.29) is 0 Å². The first-order valence-electron chi connectivity index (χ1n) is 5.22. The van der Waals surface area contributed by atoms with E-state index in [9.17, 15) is 26.3 Å². The normalized spacial score (nSPS) is 12.0. The highest BCUT2D eigenvalue weighted by Crippen LogP contribution is 2.36. The molecule has 10 heteroatoms. The van der Waals surface area contributed by atoms with Crippen molar-refractivity contribution in [3.63, 3.8) is 0 Å². The Balaban J connectivity index is 2.68. The molecule has 2 rings (SSSR count). The van der Waals surface area contributed by atoms with E-state index in [0.29, 0.717) is 16.8 Å². The molecule has 21 heavy (non-hydrogen) atoms. The van der Waals surface area contributed by atoms with E-state index in [0.717, 1.165) is 0 Å². The molecule has 0 aliphatic carbocycles. The van der Waals surface area contributed by atoms with Crippen LogP contribution in [-0.2, 0) is 12.1 Å². The molecule has 0 fully saturated rings. The Morgan fingerprint density at radius 2 is 1.62 bits per heavy atom. The standard InChI is InChI=1S/C11H4Cl2F6N2/c12-3-5-9(11(17,18)19)20-21(10(5)13)4-1-6(14)8(16)7(15)2-4/h1-2H,3H2. The second-order valence-electron chi connectivity index (χ2n) is 3.88. The van der Waals surface area contributed by atoms with E-state index in [1.165, 1.54) is 0 Å². The van der Waals surface area contributed by atoms with E-state index in [4.69, 9.17) is 23.2 Å². The first-order valence-corrected chi connectivity index (χ1v) is 6.13. The zero-order valence-corrected chi connectivity index (χ0v) is 11.3.